The number of likely N-dealkylation sites (tertiary alicyclic amines) is 1. The maximum absolute atomic E-state index is 10.9. The smallest absolute Gasteiger partial charge is 0.304 e. The molecular weight excluding hydrogens is 274 g/mol. The van der Waals surface area contributed by atoms with Crippen LogP contribution < -0.4 is 0 Å². The summed E-state index contributed by atoms with van der Waals surface area (Å²) in [6, 6.07) is 3.57. The summed E-state index contributed by atoms with van der Waals surface area (Å²) in [6.45, 7) is 1.34. The van der Waals surface area contributed by atoms with Gasteiger partial charge in [0, 0.05) is 6.04 Å². The van der Waals surface area contributed by atoms with Gasteiger partial charge < -0.3 is 14.0 Å². The van der Waals surface area contributed by atoms with Crippen molar-refractivity contribution in [2.45, 2.75) is 38.3 Å². The van der Waals surface area contributed by atoms with E-state index in [-0.39, 0.29) is 12.5 Å². The van der Waals surface area contributed by atoms with Crippen LogP contribution in [0.3, 0.4) is 0 Å². The fourth-order valence-corrected chi connectivity index (χ4v) is 2.70. The van der Waals surface area contributed by atoms with Crippen molar-refractivity contribution in [3.8, 4) is 11.6 Å². The van der Waals surface area contributed by atoms with Gasteiger partial charge in [0.2, 0.25) is 11.7 Å². The second kappa shape index (κ2) is 6.09. The number of furan rings is 1. The lowest BCUT2D eigenvalue weighted by molar-refractivity contribution is -0.138. The molecule has 21 heavy (non-hydrogen) atoms. The zero-order chi connectivity index (χ0) is 14.7. The summed E-state index contributed by atoms with van der Waals surface area (Å²) >= 11 is 0. The first kappa shape index (κ1) is 13.8. The van der Waals surface area contributed by atoms with Gasteiger partial charge in [0.15, 0.2) is 5.76 Å². The maximum Gasteiger partial charge on any atom is 0.304 e. The number of carboxylic acid groups (broad SMARTS) is 1. The SMILES string of the molecule is O=C(O)CC1CCCCN1Cc1nc(-c2ccco2)no1. The zero-order valence-electron chi connectivity index (χ0n) is 11.6. The summed E-state index contributed by atoms with van der Waals surface area (Å²) in [7, 11) is 0. The summed E-state index contributed by atoms with van der Waals surface area (Å²) in [5, 5.41) is 12.9. The molecule has 7 heteroatoms. The van der Waals surface area contributed by atoms with Gasteiger partial charge in [-0.2, -0.15) is 4.98 Å². The van der Waals surface area contributed by atoms with Crippen LogP contribution in [0.2, 0.25) is 0 Å². The summed E-state index contributed by atoms with van der Waals surface area (Å²) in [5.41, 5.74) is 0. The average Bonchev–Trinajstić information content (AvgIpc) is 3.11. The van der Waals surface area contributed by atoms with Crippen molar-refractivity contribution in [3.63, 3.8) is 0 Å². The molecule has 3 heterocycles. The van der Waals surface area contributed by atoms with Gasteiger partial charge in [-0.1, -0.05) is 11.6 Å². The van der Waals surface area contributed by atoms with Crippen molar-refractivity contribution in [1.29, 1.82) is 0 Å². The fraction of sp³-hybridized carbons (Fsp3) is 0.500. The molecule has 1 aliphatic rings. The number of nitrogens with zero attached hydrogens (tertiary/aromatic N) is 3. The largest absolute Gasteiger partial charge is 0.481 e. The van der Waals surface area contributed by atoms with Crippen molar-refractivity contribution in [1.82, 2.24) is 15.0 Å². The van der Waals surface area contributed by atoms with Crippen molar-refractivity contribution < 1.29 is 18.8 Å². The summed E-state index contributed by atoms with van der Waals surface area (Å²) in [5.74, 6) is 0.694. The quantitative estimate of drug-likeness (QED) is 0.902. The molecule has 0 bridgehead atoms. The minimum Gasteiger partial charge on any atom is -0.481 e. The van der Waals surface area contributed by atoms with E-state index >= 15 is 0 Å². The Balaban J connectivity index is 1.68. The highest BCUT2D eigenvalue weighted by Gasteiger charge is 2.26. The molecular formula is C14H17N3O4. The number of hydrogen-bond acceptors (Lipinski definition) is 6. The van der Waals surface area contributed by atoms with Crippen molar-refractivity contribution >= 4 is 5.97 Å². The second-order valence-electron chi connectivity index (χ2n) is 5.21. The Hall–Kier alpha value is -2.15. The van der Waals surface area contributed by atoms with Gasteiger partial charge in [-0.3, -0.25) is 9.69 Å². The van der Waals surface area contributed by atoms with Gasteiger partial charge >= 0.3 is 5.97 Å². The number of rotatable bonds is 5. The minimum absolute atomic E-state index is 0.0372. The normalized spacial score (nSPS) is 19.7. The number of hydrogen-bond donors (Lipinski definition) is 1. The van der Waals surface area contributed by atoms with Gasteiger partial charge in [0.05, 0.1) is 19.2 Å². The Kier molecular flexibility index (Phi) is 4.01. The third-order valence-electron chi connectivity index (χ3n) is 3.71. The van der Waals surface area contributed by atoms with Crippen LogP contribution in [0.5, 0.6) is 0 Å². The van der Waals surface area contributed by atoms with Gasteiger partial charge in [0.25, 0.3) is 0 Å². The molecule has 2 aromatic rings. The summed E-state index contributed by atoms with van der Waals surface area (Å²) < 4.78 is 10.5. The standard InChI is InChI=1S/C14H17N3O4/c18-13(19)8-10-4-1-2-6-17(10)9-12-15-14(16-21-12)11-5-3-7-20-11/h3,5,7,10H,1-2,4,6,8-9H2,(H,18,19). The van der Waals surface area contributed by atoms with Crippen LogP contribution >= 0.6 is 0 Å². The van der Waals surface area contributed by atoms with Gasteiger partial charge in [0.1, 0.15) is 0 Å². The van der Waals surface area contributed by atoms with E-state index < -0.39 is 5.97 Å². The molecule has 0 aliphatic carbocycles. The van der Waals surface area contributed by atoms with Crippen LogP contribution in [0.25, 0.3) is 11.6 Å². The Morgan fingerprint density at radius 2 is 2.38 bits per heavy atom. The highest BCUT2D eigenvalue weighted by molar-refractivity contribution is 5.67. The number of carbonyl (C=O) groups is 1. The van der Waals surface area contributed by atoms with E-state index in [1.54, 1.807) is 18.4 Å². The first-order valence-corrected chi connectivity index (χ1v) is 7.04. The fourth-order valence-electron chi connectivity index (χ4n) is 2.70. The van der Waals surface area contributed by atoms with E-state index in [0.717, 1.165) is 25.8 Å². The Bertz CT molecular complexity index is 593. The van der Waals surface area contributed by atoms with E-state index in [9.17, 15) is 4.79 Å². The minimum atomic E-state index is -0.770. The predicted molar refractivity (Wildman–Crippen MR) is 72.3 cm³/mol. The molecule has 7 nitrogen and oxygen atoms in total. The zero-order valence-corrected chi connectivity index (χ0v) is 11.6. The van der Waals surface area contributed by atoms with E-state index in [0.29, 0.717) is 24.0 Å². The lowest BCUT2D eigenvalue weighted by Gasteiger charge is -2.33. The predicted octanol–water partition coefficient (Wildman–Crippen LogP) is 2.16. The lowest BCUT2D eigenvalue weighted by atomic mass is 9.99. The van der Waals surface area contributed by atoms with E-state index in [4.69, 9.17) is 14.0 Å². The van der Waals surface area contributed by atoms with E-state index in [2.05, 4.69) is 15.0 Å². The van der Waals surface area contributed by atoms with Crippen LogP contribution in [0.4, 0.5) is 0 Å². The maximum atomic E-state index is 10.9. The highest BCUT2D eigenvalue weighted by atomic mass is 16.5. The van der Waals surface area contributed by atoms with Crippen molar-refractivity contribution in [2.24, 2.45) is 0 Å². The Labute approximate surface area is 121 Å². The number of aliphatic carboxylic acids is 1. The molecule has 3 rings (SSSR count). The van der Waals surface area contributed by atoms with Gasteiger partial charge in [-0.25, -0.2) is 0 Å². The molecule has 0 radical (unpaired) electrons. The summed E-state index contributed by atoms with van der Waals surface area (Å²) in [6.07, 6.45) is 4.73. The van der Waals surface area contributed by atoms with Crippen LogP contribution in [0, 0.1) is 0 Å². The van der Waals surface area contributed by atoms with Crippen molar-refractivity contribution in [3.05, 3.63) is 24.3 Å². The monoisotopic (exact) mass is 291 g/mol. The number of aromatic nitrogens is 2. The third kappa shape index (κ3) is 3.30. The molecule has 1 aliphatic heterocycles. The molecule has 1 fully saturated rings. The first-order valence-electron chi connectivity index (χ1n) is 7.04. The van der Waals surface area contributed by atoms with E-state index in [1.165, 1.54) is 0 Å². The molecule has 0 spiro atoms. The van der Waals surface area contributed by atoms with Gasteiger partial charge in [-0.05, 0) is 31.5 Å². The van der Waals surface area contributed by atoms with Crippen molar-refractivity contribution in [2.75, 3.05) is 6.54 Å². The third-order valence-corrected chi connectivity index (χ3v) is 3.71. The molecule has 0 aromatic carbocycles. The van der Waals surface area contributed by atoms with Gasteiger partial charge in [-0.15, -0.1) is 0 Å². The first-order chi connectivity index (χ1) is 10.2. The van der Waals surface area contributed by atoms with E-state index in [1.807, 2.05) is 0 Å². The second-order valence-corrected chi connectivity index (χ2v) is 5.21. The molecule has 1 unspecified atom stereocenters. The molecule has 1 atom stereocenters. The number of carboxylic acids is 1. The lowest BCUT2D eigenvalue weighted by Crippen LogP contribution is -2.40. The highest BCUT2D eigenvalue weighted by Crippen LogP contribution is 2.22. The molecule has 1 saturated heterocycles. The molecule has 1 N–H and O–H groups in total. The van der Waals surface area contributed by atoms with Crippen LogP contribution in [0.1, 0.15) is 31.6 Å². The summed E-state index contributed by atoms with van der Waals surface area (Å²) in [4.78, 5) is 17.3. The van der Waals surface area contributed by atoms with Crippen LogP contribution in [0.15, 0.2) is 27.3 Å². The van der Waals surface area contributed by atoms with Crippen LogP contribution in [-0.4, -0.2) is 38.7 Å². The molecule has 112 valence electrons. The molecule has 0 saturated carbocycles. The van der Waals surface area contributed by atoms with Crippen LogP contribution in [-0.2, 0) is 11.3 Å². The molecule has 0 amide bonds. The number of piperidine rings is 1. The topological polar surface area (TPSA) is 92.6 Å². The Morgan fingerprint density at radius 1 is 1.48 bits per heavy atom. The Morgan fingerprint density at radius 3 is 3.14 bits per heavy atom. The molecule has 2 aromatic heterocycles. The average molecular weight is 291 g/mol.